The summed E-state index contributed by atoms with van der Waals surface area (Å²) in [6.45, 7) is -0.0152. The van der Waals surface area contributed by atoms with Crippen molar-refractivity contribution < 1.29 is 9.53 Å². The van der Waals surface area contributed by atoms with E-state index >= 15 is 0 Å². The Kier molecular flexibility index (Phi) is 4.44. The fraction of sp³-hybridized carbons (Fsp3) is 0.174. The minimum Gasteiger partial charge on any atom is -0.484 e. The summed E-state index contributed by atoms with van der Waals surface area (Å²) in [4.78, 5) is 21.0. The van der Waals surface area contributed by atoms with Gasteiger partial charge < -0.3 is 10.1 Å². The number of nitrogens with zero attached hydrogens (tertiary/aromatic N) is 3. The molecule has 0 unspecified atom stereocenters. The van der Waals surface area contributed by atoms with Crippen molar-refractivity contribution in [2.75, 3.05) is 11.9 Å². The van der Waals surface area contributed by atoms with Crippen molar-refractivity contribution >= 4 is 17.4 Å². The maximum absolute atomic E-state index is 12.2. The molecular weight excluding hydrogens is 364 g/mol. The third-order valence-electron chi connectivity index (χ3n) is 5.14. The molecule has 0 saturated carbocycles. The first-order valence-corrected chi connectivity index (χ1v) is 9.69. The zero-order valence-corrected chi connectivity index (χ0v) is 15.8. The van der Waals surface area contributed by atoms with Crippen LogP contribution in [-0.2, 0) is 17.6 Å². The molecule has 0 saturated heterocycles. The zero-order chi connectivity index (χ0) is 19.6. The van der Waals surface area contributed by atoms with Gasteiger partial charge in [-0.25, -0.2) is 9.97 Å². The molecule has 0 atom stereocenters. The van der Waals surface area contributed by atoms with Gasteiger partial charge in [-0.1, -0.05) is 18.2 Å². The molecule has 0 spiro atoms. The predicted octanol–water partition coefficient (Wildman–Crippen LogP) is 3.90. The number of aryl methyl sites for hydroxylation is 2. The molecule has 2 aromatic heterocycles. The second-order valence-electron chi connectivity index (χ2n) is 7.15. The van der Waals surface area contributed by atoms with Crippen LogP contribution in [0.3, 0.4) is 0 Å². The Balaban J connectivity index is 1.21. The topological polar surface area (TPSA) is 68.5 Å². The van der Waals surface area contributed by atoms with Crippen LogP contribution in [-0.4, -0.2) is 26.9 Å². The van der Waals surface area contributed by atoms with Crippen LogP contribution in [0.5, 0.6) is 5.75 Å². The molecular formula is C23H20N4O2. The summed E-state index contributed by atoms with van der Waals surface area (Å²) in [5, 5.41) is 2.87. The summed E-state index contributed by atoms with van der Waals surface area (Å²) in [5.41, 5.74) is 5.24. The average Bonchev–Trinajstić information content (AvgIpc) is 3.39. The van der Waals surface area contributed by atoms with Gasteiger partial charge in [-0.2, -0.15) is 0 Å². The number of hydrogen-bond acceptors (Lipinski definition) is 4. The molecule has 1 aliphatic carbocycles. The van der Waals surface area contributed by atoms with Gasteiger partial charge in [-0.3, -0.25) is 9.20 Å². The van der Waals surface area contributed by atoms with Crippen LogP contribution < -0.4 is 10.1 Å². The number of carbonyl (C=O) groups is 1. The fourth-order valence-electron chi connectivity index (χ4n) is 3.68. The van der Waals surface area contributed by atoms with Crippen LogP contribution in [0.1, 0.15) is 17.5 Å². The van der Waals surface area contributed by atoms with Crippen LogP contribution in [0, 0.1) is 0 Å². The number of benzene rings is 2. The lowest BCUT2D eigenvalue weighted by Crippen LogP contribution is -2.20. The normalized spacial score (nSPS) is 12.7. The number of hydrogen-bond donors (Lipinski definition) is 1. The Bertz CT molecular complexity index is 1150. The van der Waals surface area contributed by atoms with Gasteiger partial charge in [0.05, 0.1) is 5.69 Å². The number of aromatic nitrogens is 3. The van der Waals surface area contributed by atoms with Crippen LogP contribution in [0.25, 0.3) is 17.0 Å². The van der Waals surface area contributed by atoms with Crippen LogP contribution in [0.4, 0.5) is 5.69 Å². The fourth-order valence-corrected chi connectivity index (χ4v) is 3.68. The molecule has 0 aliphatic heterocycles. The highest BCUT2D eigenvalue weighted by Gasteiger charge is 2.12. The predicted molar refractivity (Wildman–Crippen MR) is 111 cm³/mol. The first-order chi connectivity index (χ1) is 14.2. The zero-order valence-electron chi connectivity index (χ0n) is 15.8. The maximum atomic E-state index is 12.2. The Labute approximate surface area is 168 Å². The van der Waals surface area contributed by atoms with Gasteiger partial charge in [-0.15, -0.1) is 0 Å². The Morgan fingerprint density at radius 3 is 2.83 bits per heavy atom. The number of amides is 1. The summed E-state index contributed by atoms with van der Waals surface area (Å²) in [5.74, 6) is 1.22. The molecule has 1 amide bonds. The molecule has 29 heavy (non-hydrogen) atoms. The third kappa shape index (κ3) is 3.69. The summed E-state index contributed by atoms with van der Waals surface area (Å²) < 4.78 is 7.54. The molecule has 1 aliphatic rings. The van der Waals surface area contributed by atoms with Crippen molar-refractivity contribution in [1.82, 2.24) is 14.4 Å². The summed E-state index contributed by atoms with van der Waals surface area (Å²) in [7, 11) is 0. The lowest BCUT2D eigenvalue weighted by molar-refractivity contribution is -0.118. The Morgan fingerprint density at radius 1 is 1.10 bits per heavy atom. The number of rotatable bonds is 5. The lowest BCUT2D eigenvalue weighted by Gasteiger charge is -2.09. The molecule has 144 valence electrons. The molecule has 2 aromatic carbocycles. The van der Waals surface area contributed by atoms with Gasteiger partial charge in [-0.05, 0) is 60.7 Å². The largest absolute Gasteiger partial charge is 0.484 e. The maximum Gasteiger partial charge on any atom is 0.262 e. The number of anilines is 1. The third-order valence-corrected chi connectivity index (χ3v) is 5.14. The second kappa shape index (κ2) is 7.39. The van der Waals surface area contributed by atoms with E-state index in [4.69, 9.17) is 4.74 Å². The highest BCUT2D eigenvalue weighted by molar-refractivity contribution is 5.92. The molecule has 5 rings (SSSR count). The van der Waals surface area contributed by atoms with E-state index in [1.165, 1.54) is 17.5 Å². The van der Waals surface area contributed by atoms with Crippen molar-refractivity contribution in [3.05, 3.63) is 78.2 Å². The molecule has 0 fully saturated rings. The number of imidazole rings is 1. The molecule has 6 heteroatoms. The van der Waals surface area contributed by atoms with E-state index in [0.29, 0.717) is 5.78 Å². The van der Waals surface area contributed by atoms with Crippen LogP contribution in [0.15, 0.2) is 67.1 Å². The molecule has 4 aromatic rings. The van der Waals surface area contributed by atoms with Crippen LogP contribution in [0.2, 0.25) is 0 Å². The van der Waals surface area contributed by atoms with E-state index in [2.05, 4.69) is 21.4 Å². The van der Waals surface area contributed by atoms with Crippen molar-refractivity contribution in [3.8, 4) is 17.0 Å². The lowest BCUT2D eigenvalue weighted by atomic mass is 10.1. The summed E-state index contributed by atoms with van der Waals surface area (Å²) >= 11 is 0. The monoisotopic (exact) mass is 384 g/mol. The minimum atomic E-state index is -0.185. The standard InChI is InChI=1S/C23H20N4O2/c28-22(15-29-20-10-7-16-3-1-4-18(16)13-20)25-19-8-5-17(6-9-19)21-14-27-12-2-11-24-23(27)26-21/h2,5-14H,1,3-4,15H2,(H,25,28). The van der Waals surface area contributed by atoms with E-state index < -0.39 is 0 Å². The molecule has 1 N–H and O–H groups in total. The van der Waals surface area contributed by atoms with E-state index in [1.54, 1.807) is 6.20 Å². The van der Waals surface area contributed by atoms with Gasteiger partial charge in [0.2, 0.25) is 5.78 Å². The minimum absolute atomic E-state index is 0.0152. The van der Waals surface area contributed by atoms with Crippen molar-refractivity contribution in [2.45, 2.75) is 19.3 Å². The van der Waals surface area contributed by atoms with Crippen molar-refractivity contribution in [1.29, 1.82) is 0 Å². The van der Waals surface area contributed by atoms with Gasteiger partial charge in [0.1, 0.15) is 5.75 Å². The first kappa shape index (κ1) is 17.4. The Morgan fingerprint density at radius 2 is 1.97 bits per heavy atom. The number of nitrogens with one attached hydrogen (secondary N) is 1. The smallest absolute Gasteiger partial charge is 0.262 e. The Hall–Kier alpha value is -3.67. The molecule has 6 nitrogen and oxygen atoms in total. The SMILES string of the molecule is O=C(COc1ccc2c(c1)CCC2)Nc1ccc(-c2cn3cccnc3n2)cc1. The number of ether oxygens (including phenoxy) is 1. The van der Waals surface area contributed by atoms with E-state index in [1.807, 2.05) is 59.3 Å². The quantitative estimate of drug-likeness (QED) is 0.567. The molecule has 2 heterocycles. The van der Waals surface area contributed by atoms with E-state index in [0.717, 1.165) is 35.5 Å². The van der Waals surface area contributed by atoms with Gasteiger partial charge in [0.15, 0.2) is 6.61 Å². The van der Waals surface area contributed by atoms with E-state index in [9.17, 15) is 4.79 Å². The number of carbonyl (C=O) groups excluding carboxylic acids is 1. The summed E-state index contributed by atoms with van der Waals surface area (Å²) in [6, 6.07) is 15.5. The van der Waals surface area contributed by atoms with Gasteiger partial charge >= 0.3 is 0 Å². The first-order valence-electron chi connectivity index (χ1n) is 9.69. The highest BCUT2D eigenvalue weighted by atomic mass is 16.5. The van der Waals surface area contributed by atoms with E-state index in [-0.39, 0.29) is 12.5 Å². The van der Waals surface area contributed by atoms with Crippen molar-refractivity contribution in [3.63, 3.8) is 0 Å². The van der Waals surface area contributed by atoms with Gasteiger partial charge in [0.25, 0.3) is 5.91 Å². The highest BCUT2D eigenvalue weighted by Crippen LogP contribution is 2.26. The number of fused-ring (bicyclic) bond motifs is 2. The van der Waals surface area contributed by atoms with Crippen molar-refractivity contribution in [2.24, 2.45) is 0 Å². The molecule has 0 radical (unpaired) electrons. The molecule has 0 bridgehead atoms. The summed E-state index contributed by atoms with van der Waals surface area (Å²) in [6.07, 6.45) is 8.98. The average molecular weight is 384 g/mol. The van der Waals surface area contributed by atoms with Crippen LogP contribution >= 0.6 is 0 Å². The van der Waals surface area contributed by atoms with Gasteiger partial charge in [0, 0.05) is 29.8 Å². The second-order valence-corrected chi connectivity index (χ2v) is 7.15.